The minimum Gasteiger partial charge on any atom is -0.463 e. The lowest BCUT2D eigenvalue weighted by atomic mass is 10.0. The number of aromatic nitrogens is 3. The highest BCUT2D eigenvalue weighted by molar-refractivity contribution is 5.95. The molecule has 7 nitrogen and oxygen atoms in total. The summed E-state index contributed by atoms with van der Waals surface area (Å²) in [4.78, 5) is 24.5. The van der Waals surface area contributed by atoms with Gasteiger partial charge in [0.15, 0.2) is 12.4 Å². The van der Waals surface area contributed by atoms with Crippen LogP contribution >= 0.6 is 0 Å². The smallest absolute Gasteiger partial charge is 0.233 e. The van der Waals surface area contributed by atoms with Gasteiger partial charge in [-0.15, -0.1) is 0 Å². The maximum Gasteiger partial charge on any atom is 0.233 e. The van der Waals surface area contributed by atoms with Gasteiger partial charge in [-0.1, -0.05) is 24.0 Å². The van der Waals surface area contributed by atoms with E-state index in [1.165, 1.54) is 18.5 Å². The van der Waals surface area contributed by atoms with Gasteiger partial charge in [0.05, 0.1) is 18.1 Å². The molecule has 0 saturated heterocycles. The Morgan fingerprint density at radius 2 is 2.03 bits per heavy atom. The van der Waals surface area contributed by atoms with E-state index in [0.717, 1.165) is 0 Å². The van der Waals surface area contributed by atoms with E-state index in [1.54, 1.807) is 30.5 Å². The molecule has 0 aliphatic rings. The second-order valence-electron chi connectivity index (χ2n) is 6.33. The normalized spacial score (nSPS) is 10.1. The second kappa shape index (κ2) is 10.6. The molecule has 3 N–H and O–H groups in total. The molecule has 0 unspecified atom stereocenters. The standard InChI is InChI=1S/C22H19F2N5O2/c23-7-1-2-9-31-21-14-28-19(13-29-21)20(30)11-15-5-6-17(24)16(10-15)12-27-18-4-3-8-26-22(18)25/h3-6,8,10,13-14,27H,7,9,11-12H2,(H2,25,26). The molecule has 31 heavy (non-hydrogen) atoms. The zero-order valence-electron chi connectivity index (χ0n) is 16.4. The Morgan fingerprint density at radius 3 is 2.77 bits per heavy atom. The van der Waals surface area contributed by atoms with Crippen LogP contribution in [0.5, 0.6) is 5.88 Å². The molecule has 9 heteroatoms. The summed E-state index contributed by atoms with van der Waals surface area (Å²) < 4.78 is 31.3. The molecule has 0 radical (unpaired) electrons. The highest BCUT2D eigenvalue weighted by atomic mass is 19.1. The number of hydrogen-bond acceptors (Lipinski definition) is 7. The van der Waals surface area contributed by atoms with Crippen molar-refractivity contribution < 1.29 is 18.3 Å². The van der Waals surface area contributed by atoms with Crippen LogP contribution in [-0.4, -0.2) is 34.0 Å². The van der Waals surface area contributed by atoms with Crippen LogP contribution in [0.2, 0.25) is 0 Å². The molecule has 158 valence electrons. The summed E-state index contributed by atoms with van der Waals surface area (Å²) in [5, 5.41) is 3.03. The molecule has 0 aliphatic carbocycles. The van der Waals surface area contributed by atoms with Crippen LogP contribution in [0.25, 0.3) is 0 Å². The fourth-order valence-electron chi connectivity index (χ4n) is 2.65. The lowest BCUT2D eigenvalue weighted by molar-refractivity contribution is 0.0987. The van der Waals surface area contributed by atoms with Crippen molar-refractivity contribution in [1.29, 1.82) is 0 Å². The fourth-order valence-corrected chi connectivity index (χ4v) is 2.65. The molecule has 1 aromatic carbocycles. The highest BCUT2D eigenvalue weighted by Crippen LogP contribution is 2.18. The quantitative estimate of drug-likeness (QED) is 0.424. The van der Waals surface area contributed by atoms with Crippen molar-refractivity contribution in [3.8, 4) is 17.7 Å². The Kier molecular flexibility index (Phi) is 7.43. The van der Waals surface area contributed by atoms with Crippen LogP contribution in [0.1, 0.15) is 21.6 Å². The molecule has 0 saturated carbocycles. The summed E-state index contributed by atoms with van der Waals surface area (Å²) in [6, 6.07) is 7.93. The number of carbonyl (C=O) groups excluding carboxylic acids is 1. The summed E-state index contributed by atoms with van der Waals surface area (Å²) in [5.74, 6) is 4.49. The van der Waals surface area contributed by atoms with Crippen molar-refractivity contribution in [3.63, 3.8) is 0 Å². The van der Waals surface area contributed by atoms with E-state index in [9.17, 15) is 13.6 Å². The summed E-state index contributed by atoms with van der Waals surface area (Å²) in [6.07, 6.45) is 4.18. The van der Waals surface area contributed by atoms with E-state index in [1.807, 2.05) is 0 Å². The molecule has 0 aliphatic heterocycles. The lowest BCUT2D eigenvalue weighted by Gasteiger charge is -2.10. The Morgan fingerprint density at radius 1 is 1.16 bits per heavy atom. The summed E-state index contributed by atoms with van der Waals surface area (Å²) in [5.41, 5.74) is 7.54. The molecule has 0 bridgehead atoms. The van der Waals surface area contributed by atoms with Crippen LogP contribution in [0.3, 0.4) is 0 Å². The number of alkyl halides is 1. The third-order valence-corrected chi connectivity index (χ3v) is 4.18. The summed E-state index contributed by atoms with van der Waals surface area (Å²) in [6.45, 7) is -0.592. The number of carbonyl (C=O) groups is 1. The van der Waals surface area contributed by atoms with Gasteiger partial charge in [0.2, 0.25) is 5.88 Å². The number of nitrogens with two attached hydrogens (primary N) is 1. The third kappa shape index (κ3) is 6.21. The topological polar surface area (TPSA) is 103 Å². The minimum absolute atomic E-state index is 0.0248. The molecule has 0 atom stereocenters. The average molecular weight is 423 g/mol. The summed E-state index contributed by atoms with van der Waals surface area (Å²) >= 11 is 0. The summed E-state index contributed by atoms with van der Waals surface area (Å²) in [7, 11) is 0. The number of ether oxygens (including phenoxy) is 1. The minimum atomic E-state index is -0.749. The molecule has 0 amide bonds. The van der Waals surface area contributed by atoms with Gasteiger partial charge >= 0.3 is 0 Å². The number of ketones is 1. The first-order valence-corrected chi connectivity index (χ1v) is 9.28. The molecule has 0 fully saturated rings. The van der Waals surface area contributed by atoms with Crippen LogP contribution in [0.4, 0.5) is 20.3 Å². The van der Waals surface area contributed by atoms with Gasteiger partial charge < -0.3 is 15.8 Å². The Labute approximate surface area is 177 Å². The predicted molar refractivity (Wildman–Crippen MR) is 112 cm³/mol. The molecule has 0 spiro atoms. The van der Waals surface area contributed by atoms with Crippen LogP contribution in [0, 0.1) is 17.7 Å². The third-order valence-electron chi connectivity index (χ3n) is 4.18. The zero-order chi connectivity index (χ0) is 22.1. The van der Waals surface area contributed by atoms with Gasteiger partial charge in [-0.3, -0.25) is 4.79 Å². The number of benzene rings is 1. The first-order chi connectivity index (χ1) is 15.1. The molecule has 3 rings (SSSR count). The second-order valence-corrected chi connectivity index (χ2v) is 6.33. The van der Waals surface area contributed by atoms with E-state index < -0.39 is 12.5 Å². The maximum atomic E-state index is 14.2. The van der Waals surface area contributed by atoms with E-state index in [2.05, 4.69) is 32.1 Å². The number of nitrogens with one attached hydrogen (secondary N) is 1. The van der Waals surface area contributed by atoms with Gasteiger partial charge in [0.1, 0.15) is 24.0 Å². The number of anilines is 2. The van der Waals surface area contributed by atoms with E-state index in [4.69, 9.17) is 10.5 Å². The predicted octanol–water partition coefficient (Wildman–Crippen LogP) is 2.98. The van der Waals surface area contributed by atoms with E-state index in [0.29, 0.717) is 22.6 Å². The van der Waals surface area contributed by atoms with Crippen LogP contribution < -0.4 is 15.8 Å². The average Bonchev–Trinajstić information content (AvgIpc) is 2.78. The molecule has 2 aromatic heterocycles. The number of rotatable bonds is 8. The SMILES string of the molecule is Nc1ncccc1NCc1cc(CC(=O)c2cnc(OCC#CCF)cn2)ccc1F. The molecule has 3 aromatic rings. The highest BCUT2D eigenvalue weighted by Gasteiger charge is 2.12. The molecular weight excluding hydrogens is 404 g/mol. The first kappa shape index (κ1) is 21.6. The number of halogens is 2. The van der Waals surface area contributed by atoms with Gasteiger partial charge in [-0.2, -0.15) is 0 Å². The Balaban J connectivity index is 1.62. The number of pyridine rings is 1. The zero-order valence-corrected chi connectivity index (χ0v) is 16.4. The van der Waals surface area contributed by atoms with Crippen molar-refractivity contribution in [3.05, 3.63) is 71.6 Å². The maximum absolute atomic E-state index is 14.2. The lowest BCUT2D eigenvalue weighted by Crippen LogP contribution is -2.09. The monoisotopic (exact) mass is 423 g/mol. The largest absolute Gasteiger partial charge is 0.463 e. The molecular formula is C22H19F2N5O2. The van der Waals surface area contributed by atoms with Gasteiger partial charge in [-0.05, 0) is 23.8 Å². The van der Waals surface area contributed by atoms with Gasteiger partial charge in [0.25, 0.3) is 0 Å². The number of nitrogens with zero attached hydrogens (tertiary/aromatic N) is 3. The van der Waals surface area contributed by atoms with Crippen molar-refractivity contribution in [1.82, 2.24) is 15.0 Å². The number of hydrogen-bond donors (Lipinski definition) is 2. The van der Waals surface area contributed by atoms with Crippen LogP contribution in [0.15, 0.2) is 48.9 Å². The van der Waals surface area contributed by atoms with E-state index >= 15 is 0 Å². The van der Waals surface area contributed by atoms with E-state index in [-0.39, 0.29) is 36.9 Å². The Bertz CT molecular complexity index is 1110. The van der Waals surface area contributed by atoms with Crippen molar-refractivity contribution in [2.24, 2.45) is 0 Å². The van der Waals surface area contributed by atoms with Gasteiger partial charge in [-0.25, -0.2) is 23.7 Å². The first-order valence-electron chi connectivity index (χ1n) is 9.28. The fraction of sp³-hybridized carbons (Fsp3) is 0.182. The number of Topliss-reactive ketones (excluding diaryl/α,β-unsaturated/α-hetero) is 1. The molecule has 2 heterocycles. The van der Waals surface area contributed by atoms with Crippen LogP contribution in [-0.2, 0) is 13.0 Å². The Hall–Kier alpha value is -4.06. The van der Waals surface area contributed by atoms with Crippen molar-refractivity contribution >= 4 is 17.3 Å². The van der Waals surface area contributed by atoms with Crippen molar-refractivity contribution in [2.75, 3.05) is 24.3 Å². The number of nitrogen functional groups attached to an aromatic ring is 1. The van der Waals surface area contributed by atoms with Crippen molar-refractivity contribution in [2.45, 2.75) is 13.0 Å². The van der Waals surface area contributed by atoms with Gasteiger partial charge in [0, 0.05) is 24.7 Å².